The summed E-state index contributed by atoms with van der Waals surface area (Å²) in [6.45, 7) is 8.06. The standard InChI is InChI=1S/C26H31N3O3S/c1-2-19-17-25(30)32-23-18-20(9-10-21(19)23)31-16-6-5-11-28-12-14-29(15-13-28)26-22-7-3-4-8-24(22)33-27-26/h3-4,7-10,17-18,25,30H,2,5-6,11-16H2,1H3. The molecule has 1 N–H and O–H groups in total. The van der Waals surface area contributed by atoms with Crippen LogP contribution in [-0.2, 0) is 0 Å². The predicted octanol–water partition coefficient (Wildman–Crippen LogP) is 4.78. The molecule has 3 aromatic rings. The number of aromatic nitrogens is 1. The number of nitrogens with zero attached hydrogens (tertiary/aromatic N) is 3. The Morgan fingerprint density at radius 2 is 1.97 bits per heavy atom. The van der Waals surface area contributed by atoms with Gasteiger partial charge in [-0.2, -0.15) is 4.37 Å². The van der Waals surface area contributed by atoms with Gasteiger partial charge in [0.1, 0.15) is 17.3 Å². The Labute approximate surface area is 199 Å². The van der Waals surface area contributed by atoms with Crippen molar-refractivity contribution in [2.75, 3.05) is 44.2 Å². The average Bonchev–Trinajstić information content (AvgIpc) is 3.27. The number of allylic oxidation sites excluding steroid dienone is 1. The lowest BCUT2D eigenvalue weighted by atomic mass is 10.00. The number of benzene rings is 2. The Morgan fingerprint density at radius 1 is 1.12 bits per heavy atom. The summed E-state index contributed by atoms with van der Waals surface area (Å²) in [5.74, 6) is 2.64. The molecule has 5 rings (SSSR count). The molecule has 2 aliphatic rings. The molecule has 0 saturated carbocycles. The van der Waals surface area contributed by atoms with Crippen LogP contribution < -0.4 is 14.4 Å². The van der Waals surface area contributed by atoms with Gasteiger partial charge in [-0.15, -0.1) is 0 Å². The number of aliphatic hydroxyl groups is 1. The van der Waals surface area contributed by atoms with Gasteiger partial charge in [0.25, 0.3) is 0 Å². The molecule has 7 heteroatoms. The van der Waals surface area contributed by atoms with Crippen LogP contribution in [0.15, 0.2) is 48.5 Å². The summed E-state index contributed by atoms with van der Waals surface area (Å²) in [5, 5.41) is 11.2. The quantitative estimate of drug-likeness (QED) is 0.483. The zero-order chi connectivity index (χ0) is 22.6. The molecule has 0 amide bonds. The molecular weight excluding hydrogens is 434 g/mol. The second-order valence-electron chi connectivity index (χ2n) is 8.60. The van der Waals surface area contributed by atoms with Crippen LogP contribution in [-0.4, -0.2) is 60.0 Å². The third-order valence-electron chi connectivity index (χ3n) is 6.44. The van der Waals surface area contributed by atoms with Gasteiger partial charge in [0.15, 0.2) is 0 Å². The SMILES string of the molecule is CCC1=CC(O)Oc2cc(OCCCCN3CCN(c4nsc5ccccc45)CC3)ccc21. The molecule has 0 radical (unpaired) electrons. The fraction of sp³-hybridized carbons (Fsp3) is 0.423. The van der Waals surface area contributed by atoms with E-state index in [0.717, 1.165) is 74.7 Å². The van der Waals surface area contributed by atoms with Crippen LogP contribution in [0.2, 0.25) is 0 Å². The van der Waals surface area contributed by atoms with Gasteiger partial charge in [-0.05, 0) is 73.3 Å². The first-order valence-corrected chi connectivity index (χ1v) is 12.6. The number of anilines is 1. The van der Waals surface area contributed by atoms with Crippen molar-refractivity contribution >= 4 is 33.0 Å². The lowest BCUT2D eigenvalue weighted by molar-refractivity contribution is 0.0222. The van der Waals surface area contributed by atoms with Crippen molar-refractivity contribution in [2.45, 2.75) is 32.5 Å². The van der Waals surface area contributed by atoms with Gasteiger partial charge < -0.3 is 19.5 Å². The largest absolute Gasteiger partial charge is 0.493 e. The molecule has 1 aromatic heterocycles. The molecule has 3 heterocycles. The molecule has 33 heavy (non-hydrogen) atoms. The number of hydrogen-bond donors (Lipinski definition) is 1. The Hall–Kier alpha value is -2.61. The number of hydrogen-bond acceptors (Lipinski definition) is 7. The fourth-order valence-electron chi connectivity index (χ4n) is 4.60. The summed E-state index contributed by atoms with van der Waals surface area (Å²) in [6.07, 6.45) is 3.88. The van der Waals surface area contributed by atoms with E-state index < -0.39 is 6.29 Å². The molecule has 1 saturated heterocycles. The van der Waals surface area contributed by atoms with E-state index in [1.54, 1.807) is 17.6 Å². The molecular formula is C26H31N3O3S. The van der Waals surface area contributed by atoms with Crippen molar-refractivity contribution in [3.63, 3.8) is 0 Å². The molecule has 2 aliphatic heterocycles. The highest BCUT2D eigenvalue weighted by molar-refractivity contribution is 7.13. The van der Waals surface area contributed by atoms with E-state index >= 15 is 0 Å². The summed E-state index contributed by atoms with van der Waals surface area (Å²) in [6, 6.07) is 14.4. The van der Waals surface area contributed by atoms with Gasteiger partial charge in [0, 0.05) is 43.2 Å². The first-order chi connectivity index (χ1) is 16.2. The summed E-state index contributed by atoms with van der Waals surface area (Å²) in [5.41, 5.74) is 2.15. The van der Waals surface area contributed by atoms with Gasteiger partial charge in [0.05, 0.1) is 11.3 Å². The van der Waals surface area contributed by atoms with Gasteiger partial charge in [-0.1, -0.05) is 19.1 Å². The monoisotopic (exact) mass is 465 g/mol. The molecule has 2 aromatic carbocycles. The average molecular weight is 466 g/mol. The summed E-state index contributed by atoms with van der Waals surface area (Å²) in [7, 11) is 0. The van der Waals surface area contributed by atoms with Crippen LogP contribution >= 0.6 is 11.5 Å². The minimum atomic E-state index is -0.877. The Balaban J connectivity index is 1.04. The molecule has 1 unspecified atom stereocenters. The van der Waals surface area contributed by atoms with Crippen molar-refractivity contribution < 1.29 is 14.6 Å². The maximum Gasteiger partial charge on any atom is 0.217 e. The van der Waals surface area contributed by atoms with Gasteiger partial charge in [-0.25, -0.2) is 0 Å². The van der Waals surface area contributed by atoms with Crippen LogP contribution in [0, 0.1) is 0 Å². The van der Waals surface area contributed by atoms with E-state index in [0.29, 0.717) is 12.4 Å². The first-order valence-electron chi connectivity index (χ1n) is 11.9. The van der Waals surface area contributed by atoms with Crippen molar-refractivity contribution in [1.29, 1.82) is 0 Å². The van der Waals surface area contributed by atoms with Crippen molar-refractivity contribution in [1.82, 2.24) is 9.27 Å². The van der Waals surface area contributed by atoms with Gasteiger partial charge in [-0.3, -0.25) is 4.90 Å². The third-order valence-corrected chi connectivity index (χ3v) is 7.26. The molecule has 0 bridgehead atoms. The van der Waals surface area contributed by atoms with Gasteiger partial charge in [0.2, 0.25) is 6.29 Å². The lowest BCUT2D eigenvalue weighted by Gasteiger charge is -2.35. The second kappa shape index (κ2) is 10.1. The highest BCUT2D eigenvalue weighted by Crippen LogP contribution is 2.36. The molecule has 1 fully saturated rings. The number of aliphatic hydroxyl groups excluding tert-OH is 1. The molecule has 1 atom stereocenters. The summed E-state index contributed by atoms with van der Waals surface area (Å²) >= 11 is 1.59. The van der Waals surface area contributed by atoms with E-state index in [-0.39, 0.29) is 0 Å². The molecule has 0 spiro atoms. The highest BCUT2D eigenvalue weighted by Gasteiger charge is 2.21. The lowest BCUT2D eigenvalue weighted by Crippen LogP contribution is -2.46. The summed E-state index contributed by atoms with van der Waals surface area (Å²) < 4.78 is 17.5. The van der Waals surface area contributed by atoms with E-state index in [9.17, 15) is 5.11 Å². The smallest absolute Gasteiger partial charge is 0.217 e. The topological polar surface area (TPSA) is 58.1 Å². The van der Waals surface area contributed by atoms with Gasteiger partial charge >= 0.3 is 0 Å². The predicted molar refractivity (Wildman–Crippen MR) is 134 cm³/mol. The van der Waals surface area contributed by atoms with E-state index in [4.69, 9.17) is 13.8 Å². The van der Waals surface area contributed by atoms with E-state index in [1.165, 1.54) is 10.1 Å². The zero-order valence-electron chi connectivity index (χ0n) is 19.1. The molecule has 174 valence electrons. The van der Waals surface area contributed by atoms with E-state index in [1.807, 2.05) is 18.2 Å². The number of rotatable bonds is 8. The Kier molecular flexibility index (Phi) is 6.80. The van der Waals surface area contributed by atoms with E-state index in [2.05, 4.69) is 41.0 Å². The highest BCUT2D eigenvalue weighted by atomic mass is 32.1. The number of unbranched alkanes of at least 4 members (excludes halogenated alkanes) is 1. The third kappa shape index (κ3) is 5.00. The van der Waals surface area contributed by atoms with Crippen molar-refractivity contribution in [2.24, 2.45) is 0 Å². The maximum atomic E-state index is 9.88. The number of fused-ring (bicyclic) bond motifs is 2. The number of ether oxygens (including phenoxy) is 2. The van der Waals surface area contributed by atoms with Crippen LogP contribution in [0.3, 0.4) is 0 Å². The minimum Gasteiger partial charge on any atom is -0.493 e. The molecule has 6 nitrogen and oxygen atoms in total. The Morgan fingerprint density at radius 3 is 2.82 bits per heavy atom. The van der Waals surface area contributed by atoms with Crippen molar-refractivity contribution in [3.8, 4) is 11.5 Å². The minimum absolute atomic E-state index is 0.683. The van der Waals surface area contributed by atoms with Crippen molar-refractivity contribution in [3.05, 3.63) is 54.1 Å². The fourth-order valence-corrected chi connectivity index (χ4v) is 5.40. The van der Waals surface area contributed by atoms with Crippen LogP contribution in [0.1, 0.15) is 31.7 Å². The zero-order valence-corrected chi connectivity index (χ0v) is 19.9. The van der Waals surface area contributed by atoms with Crippen LogP contribution in [0.25, 0.3) is 15.7 Å². The Bertz CT molecular complexity index is 1120. The molecule has 0 aliphatic carbocycles. The normalized spacial score (nSPS) is 18.7. The number of piperazine rings is 1. The van der Waals surface area contributed by atoms with Crippen LogP contribution in [0.5, 0.6) is 11.5 Å². The summed E-state index contributed by atoms with van der Waals surface area (Å²) in [4.78, 5) is 4.96. The second-order valence-corrected chi connectivity index (χ2v) is 9.40. The first kappa shape index (κ1) is 22.2. The maximum absolute atomic E-state index is 9.88. The van der Waals surface area contributed by atoms with Crippen LogP contribution in [0.4, 0.5) is 5.82 Å².